The molecule has 2 aliphatic heterocycles. The SMILES string of the molecule is CC.CC.CC1COCCN1c1cc(=O)c2cccc(-c3cccc4c3sc3ccc(N(C)C(=O)CN5CCOCC5)cc34)c2o1. The Balaban J connectivity index is 0.00000100. The molecule has 3 aromatic carbocycles. The third kappa shape index (κ3) is 6.69. The van der Waals surface area contributed by atoms with Gasteiger partial charge in [0.2, 0.25) is 5.91 Å². The first-order valence-corrected chi connectivity index (χ1v) is 17.2. The van der Waals surface area contributed by atoms with E-state index in [9.17, 15) is 9.59 Å². The van der Waals surface area contributed by atoms with E-state index in [1.807, 2.05) is 59.0 Å². The number of nitrogens with zero attached hydrogens (tertiary/aromatic N) is 3. The van der Waals surface area contributed by atoms with Crippen molar-refractivity contribution in [2.75, 3.05) is 69.5 Å². The van der Waals surface area contributed by atoms with Crippen LogP contribution in [0.3, 0.4) is 0 Å². The fraction of sp³-hybridized carbons (Fsp3) is 0.405. The number of carbonyl (C=O) groups is 1. The number of likely N-dealkylation sites (N-methyl/N-ethyl adjacent to an activating group) is 1. The zero-order valence-corrected chi connectivity index (χ0v) is 28.6. The van der Waals surface area contributed by atoms with Crippen LogP contribution in [0.15, 0.2) is 69.9 Å². The summed E-state index contributed by atoms with van der Waals surface area (Å²) in [4.78, 5) is 32.4. The number of hydrogen-bond donors (Lipinski definition) is 0. The van der Waals surface area contributed by atoms with E-state index in [0.29, 0.717) is 56.4 Å². The highest BCUT2D eigenvalue weighted by Crippen LogP contribution is 2.43. The minimum absolute atomic E-state index is 0.0512. The summed E-state index contributed by atoms with van der Waals surface area (Å²) in [5.41, 5.74) is 3.32. The Labute approximate surface area is 275 Å². The van der Waals surface area contributed by atoms with Gasteiger partial charge >= 0.3 is 0 Å². The molecule has 1 atom stereocenters. The van der Waals surface area contributed by atoms with E-state index in [0.717, 1.165) is 50.1 Å². The summed E-state index contributed by atoms with van der Waals surface area (Å²) in [6.45, 7) is 15.2. The van der Waals surface area contributed by atoms with Crippen molar-refractivity contribution in [3.8, 4) is 11.1 Å². The molecule has 0 saturated carbocycles. The molecule has 0 aliphatic carbocycles. The van der Waals surface area contributed by atoms with Gasteiger partial charge in [-0.1, -0.05) is 58.0 Å². The number of anilines is 2. The Morgan fingerprint density at radius 1 is 0.870 bits per heavy atom. The van der Waals surface area contributed by atoms with E-state index >= 15 is 0 Å². The number of benzene rings is 3. The lowest BCUT2D eigenvalue weighted by molar-refractivity contribution is -0.120. The number of ether oxygens (including phenoxy) is 2. The maximum absolute atomic E-state index is 13.3. The van der Waals surface area contributed by atoms with Gasteiger partial charge < -0.3 is 23.7 Å². The van der Waals surface area contributed by atoms with E-state index in [1.54, 1.807) is 22.3 Å². The number of hydrogen-bond acceptors (Lipinski definition) is 8. The van der Waals surface area contributed by atoms with E-state index in [-0.39, 0.29) is 17.4 Å². The molecule has 2 aromatic heterocycles. The standard InChI is InChI=1S/C33H33N3O5S.2C2H6/c1-21-20-40-16-13-36(21)31-18-28(37)26-8-3-5-23(32(26)41-31)24-6-4-7-25-27-17-22(9-10-29(27)42-33(24)25)34(2)30(38)19-35-11-14-39-15-12-35;2*1-2/h3-10,17-18,21H,11-16,19-20H2,1-2H3;2*1-2H3. The van der Waals surface area contributed by atoms with Gasteiger partial charge in [0.15, 0.2) is 11.3 Å². The van der Waals surface area contributed by atoms with Crippen LogP contribution in [0.2, 0.25) is 0 Å². The van der Waals surface area contributed by atoms with Gasteiger partial charge in [0, 0.05) is 69.7 Å². The Morgan fingerprint density at radius 2 is 1.57 bits per heavy atom. The molecule has 46 heavy (non-hydrogen) atoms. The molecule has 8 nitrogen and oxygen atoms in total. The van der Waals surface area contributed by atoms with Gasteiger partial charge in [0.05, 0.1) is 44.4 Å². The van der Waals surface area contributed by atoms with E-state index in [1.165, 1.54) is 0 Å². The van der Waals surface area contributed by atoms with Crippen LogP contribution in [0.1, 0.15) is 34.6 Å². The van der Waals surface area contributed by atoms with Crippen LogP contribution >= 0.6 is 11.3 Å². The minimum Gasteiger partial charge on any atom is -0.440 e. The molecular weight excluding hydrogens is 598 g/mol. The molecule has 7 rings (SSSR count). The molecule has 9 heteroatoms. The van der Waals surface area contributed by atoms with Crippen LogP contribution < -0.4 is 15.2 Å². The lowest BCUT2D eigenvalue weighted by atomic mass is 10.0. The summed E-state index contributed by atoms with van der Waals surface area (Å²) in [7, 11) is 1.84. The second-order valence-corrected chi connectivity index (χ2v) is 12.1. The van der Waals surface area contributed by atoms with Gasteiger partial charge in [-0.05, 0) is 31.2 Å². The number of morpholine rings is 2. The Bertz CT molecular complexity index is 1860. The Hall–Kier alpha value is -3.76. The van der Waals surface area contributed by atoms with Crippen LogP contribution in [0.25, 0.3) is 42.3 Å². The average molecular weight is 644 g/mol. The summed E-state index contributed by atoms with van der Waals surface area (Å²) in [6, 6.07) is 20.0. The molecule has 0 N–H and O–H groups in total. The van der Waals surface area contributed by atoms with Crippen molar-refractivity contribution in [1.82, 2.24) is 4.90 Å². The first-order valence-electron chi connectivity index (χ1n) is 16.4. The number of rotatable bonds is 5. The van der Waals surface area contributed by atoms with Crippen LogP contribution in [-0.2, 0) is 14.3 Å². The number of thiophene rings is 1. The third-order valence-corrected chi connectivity index (χ3v) is 9.61. The molecule has 2 aliphatic rings. The van der Waals surface area contributed by atoms with Crippen molar-refractivity contribution < 1.29 is 18.7 Å². The molecule has 2 saturated heterocycles. The molecular formula is C37H45N3O5S. The quantitative estimate of drug-likeness (QED) is 0.198. The van der Waals surface area contributed by atoms with Gasteiger partial charge in [-0.3, -0.25) is 14.5 Å². The summed E-state index contributed by atoms with van der Waals surface area (Å²) in [5, 5.41) is 2.78. The summed E-state index contributed by atoms with van der Waals surface area (Å²) >= 11 is 1.71. The van der Waals surface area contributed by atoms with E-state index in [4.69, 9.17) is 13.9 Å². The maximum atomic E-state index is 13.3. The predicted molar refractivity (Wildman–Crippen MR) is 192 cm³/mol. The largest absolute Gasteiger partial charge is 0.440 e. The monoisotopic (exact) mass is 643 g/mol. The van der Waals surface area contributed by atoms with Crippen LogP contribution in [-0.4, -0.2) is 76.5 Å². The van der Waals surface area contributed by atoms with Gasteiger partial charge in [-0.2, -0.15) is 0 Å². The number of amides is 1. The normalized spacial score (nSPS) is 16.9. The van der Waals surface area contributed by atoms with Gasteiger partial charge in [0.1, 0.15) is 5.58 Å². The minimum atomic E-state index is -0.0512. The predicted octanol–water partition coefficient (Wildman–Crippen LogP) is 7.40. The maximum Gasteiger partial charge on any atom is 0.240 e. The smallest absolute Gasteiger partial charge is 0.240 e. The molecule has 1 unspecified atom stereocenters. The fourth-order valence-corrected chi connectivity index (χ4v) is 7.19. The Morgan fingerprint density at radius 3 is 2.30 bits per heavy atom. The van der Waals surface area contributed by atoms with Crippen molar-refractivity contribution in [1.29, 1.82) is 0 Å². The topological polar surface area (TPSA) is 75.5 Å². The van der Waals surface area contributed by atoms with Crippen molar-refractivity contribution >= 4 is 60.0 Å². The molecule has 244 valence electrons. The molecule has 0 spiro atoms. The highest BCUT2D eigenvalue weighted by atomic mass is 32.1. The van der Waals surface area contributed by atoms with Gasteiger partial charge in [-0.15, -0.1) is 11.3 Å². The van der Waals surface area contributed by atoms with Crippen molar-refractivity contribution in [3.63, 3.8) is 0 Å². The van der Waals surface area contributed by atoms with E-state index < -0.39 is 0 Å². The second-order valence-electron chi connectivity index (χ2n) is 11.1. The van der Waals surface area contributed by atoms with Crippen LogP contribution in [0.5, 0.6) is 0 Å². The Kier molecular flexibility index (Phi) is 11.1. The van der Waals surface area contributed by atoms with Gasteiger partial charge in [0.25, 0.3) is 0 Å². The average Bonchev–Trinajstić information content (AvgIpc) is 3.48. The number of para-hydroxylation sites is 1. The fourth-order valence-electron chi connectivity index (χ4n) is 5.98. The molecule has 0 radical (unpaired) electrons. The number of fused-ring (bicyclic) bond motifs is 4. The number of carbonyl (C=O) groups excluding carboxylic acids is 1. The molecule has 2 fully saturated rings. The van der Waals surface area contributed by atoms with E-state index in [2.05, 4.69) is 47.1 Å². The van der Waals surface area contributed by atoms with Crippen LogP contribution in [0, 0.1) is 0 Å². The van der Waals surface area contributed by atoms with Gasteiger partial charge in [-0.25, -0.2) is 0 Å². The third-order valence-electron chi connectivity index (χ3n) is 8.39. The zero-order valence-electron chi connectivity index (χ0n) is 27.8. The lowest BCUT2D eigenvalue weighted by Gasteiger charge is -2.33. The second kappa shape index (κ2) is 15.2. The highest BCUT2D eigenvalue weighted by Gasteiger charge is 2.24. The first-order chi connectivity index (χ1) is 22.5. The zero-order chi connectivity index (χ0) is 32.8. The summed E-state index contributed by atoms with van der Waals surface area (Å²) in [5.74, 6) is 0.640. The van der Waals surface area contributed by atoms with Crippen LogP contribution in [0.4, 0.5) is 11.6 Å². The van der Waals surface area contributed by atoms with Crippen molar-refractivity contribution in [2.24, 2.45) is 0 Å². The molecule has 1 amide bonds. The lowest BCUT2D eigenvalue weighted by Crippen LogP contribution is -2.44. The van der Waals surface area contributed by atoms with Crippen molar-refractivity contribution in [2.45, 2.75) is 40.7 Å². The highest BCUT2D eigenvalue weighted by molar-refractivity contribution is 7.26. The first kappa shape index (κ1) is 33.6. The molecule has 5 aromatic rings. The summed E-state index contributed by atoms with van der Waals surface area (Å²) < 4.78 is 19.8. The van der Waals surface area contributed by atoms with Crippen molar-refractivity contribution in [3.05, 3.63) is 70.9 Å². The summed E-state index contributed by atoms with van der Waals surface area (Å²) in [6.07, 6.45) is 0. The molecule has 0 bridgehead atoms. The molecule has 4 heterocycles.